The zero-order chi connectivity index (χ0) is 21.4. The molecule has 1 atom stereocenters. The quantitative estimate of drug-likeness (QED) is 0.321. The third-order valence-electron chi connectivity index (χ3n) is 5.07. The van der Waals surface area contributed by atoms with E-state index in [4.69, 9.17) is 0 Å². The Bertz CT molecular complexity index is 718. The van der Waals surface area contributed by atoms with Crippen molar-refractivity contribution in [1.82, 2.24) is 10.3 Å². The summed E-state index contributed by atoms with van der Waals surface area (Å²) < 4.78 is 32.7. The Morgan fingerprint density at radius 3 is 2.50 bits per heavy atom. The van der Waals surface area contributed by atoms with Crippen molar-refractivity contribution in [2.24, 2.45) is 5.41 Å². The first-order chi connectivity index (χ1) is 12.8. The SMILES string of the molecule is CC(CC(C)(C)C(=O)NCCC[N+](C)(C)CCCS(=O)(=O)[O-])c1cccnc1. The number of aromatic nitrogens is 1. The summed E-state index contributed by atoms with van der Waals surface area (Å²) in [6.07, 6.45) is 5.46. The van der Waals surface area contributed by atoms with E-state index in [2.05, 4.69) is 17.2 Å². The molecule has 1 amide bonds. The molecule has 7 nitrogen and oxygen atoms in total. The minimum Gasteiger partial charge on any atom is -0.748 e. The summed E-state index contributed by atoms with van der Waals surface area (Å²) in [5, 5.41) is 3.02. The molecule has 1 aromatic rings. The van der Waals surface area contributed by atoms with E-state index in [1.807, 2.05) is 46.3 Å². The number of hydrogen-bond donors (Lipinski definition) is 1. The lowest BCUT2D eigenvalue weighted by molar-refractivity contribution is -0.890. The van der Waals surface area contributed by atoms with Crippen LogP contribution in [0.3, 0.4) is 0 Å². The third-order valence-corrected chi connectivity index (χ3v) is 5.86. The number of carbonyl (C=O) groups is 1. The lowest BCUT2D eigenvalue weighted by Gasteiger charge is -2.31. The van der Waals surface area contributed by atoms with Gasteiger partial charge in [0.25, 0.3) is 0 Å². The number of nitrogens with one attached hydrogen (secondary N) is 1. The number of pyridine rings is 1. The van der Waals surface area contributed by atoms with Crippen LogP contribution < -0.4 is 5.32 Å². The third kappa shape index (κ3) is 9.61. The van der Waals surface area contributed by atoms with Crippen LogP contribution in [0.1, 0.15) is 51.5 Å². The number of rotatable bonds is 12. The zero-order valence-electron chi connectivity index (χ0n) is 17.8. The predicted octanol–water partition coefficient (Wildman–Crippen LogP) is 2.12. The van der Waals surface area contributed by atoms with E-state index >= 15 is 0 Å². The van der Waals surface area contributed by atoms with Crippen LogP contribution in [-0.4, -0.2) is 67.8 Å². The van der Waals surface area contributed by atoms with Gasteiger partial charge in [-0.2, -0.15) is 0 Å². The average molecular weight is 414 g/mol. The van der Waals surface area contributed by atoms with Crippen molar-refractivity contribution >= 4 is 16.0 Å². The molecule has 160 valence electrons. The molecule has 0 aliphatic rings. The van der Waals surface area contributed by atoms with Gasteiger partial charge in [0.2, 0.25) is 5.91 Å². The number of nitrogens with zero attached hydrogens (tertiary/aromatic N) is 2. The molecule has 0 aromatic carbocycles. The van der Waals surface area contributed by atoms with Gasteiger partial charge < -0.3 is 14.4 Å². The molecule has 0 aliphatic carbocycles. The topological polar surface area (TPSA) is 99.2 Å². The molecule has 28 heavy (non-hydrogen) atoms. The van der Waals surface area contributed by atoms with Crippen LogP contribution in [0.2, 0.25) is 0 Å². The van der Waals surface area contributed by atoms with Gasteiger partial charge in [-0.1, -0.05) is 26.8 Å². The summed E-state index contributed by atoms with van der Waals surface area (Å²) in [5.41, 5.74) is 0.643. The van der Waals surface area contributed by atoms with E-state index < -0.39 is 15.5 Å². The summed E-state index contributed by atoms with van der Waals surface area (Å²) in [7, 11) is -0.153. The smallest absolute Gasteiger partial charge is 0.225 e. The van der Waals surface area contributed by atoms with Crippen molar-refractivity contribution in [2.75, 3.05) is 39.5 Å². The Hall–Kier alpha value is -1.51. The van der Waals surface area contributed by atoms with Gasteiger partial charge >= 0.3 is 0 Å². The highest BCUT2D eigenvalue weighted by Gasteiger charge is 2.30. The molecule has 1 rings (SSSR count). The van der Waals surface area contributed by atoms with Crippen LogP contribution in [0.15, 0.2) is 24.5 Å². The fraction of sp³-hybridized carbons (Fsp3) is 0.700. The van der Waals surface area contributed by atoms with E-state index in [0.29, 0.717) is 24.0 Å². The largest absolute Gasteiger partial charge is 0.748 e. The summed E-state index contributed by atoms with van der Waals surface area (Å²) in [5.74, 6) is -0.0531. The molecule has 0 fully saturated rings. The second kappa shape index (κ2) is 10.3. The fourth-order valence-electron chi connectivity index (χ4n) is 3.37. The van der Waals surface area contributed by atoms with E-state index in [1.54, 1.807) is 6.20 Å². The second-order valence-electron chi connectivity index (χ2n) is 8.88. The van der Waals surface area contributed by atoms with Gasteiger partial charge in [-0.25, -0.2) is 8.42 Å². The maximum Gasteiger partial charge on any atom is 0.225 e. The first-order valence-electron chi connectivity index (χ1n) is 9.76. The molecule has 1 unspecified atom stereocenters. The zero-order valence-corrected chi connectivity index (χ0v) is 18.6. The summed E-state index contributed by atoms with van der Waals surface area (Å²) in [4.78, 5) is 16.8. The Kier molecular flexibility index (Phi) is 9.04. The highest BCUT2D eigenvalue weighted by atomic mass is 32.2. The number of hydrogen-bond acceptors (Lipinski definition) is 5. The normalized spacial score (nSPS) is 13.9. The molecule has 0 radical (unpaired) electrons. The van der Waals surface area contributed by atoms with Crippen LogP contribution in [0.4, 0.5) is 0 Å². The molecule has 1 heterocycles. The molecule has 8 heteroatoms. The first kappa shape index (κ1) is 24.5. The van der Waals surface area contributed by atoms with Crippen molar-refractivity contribution in [1.29, 1.82) is 0 Å². The van der Waals surface area contributed by atoms with Gasteiger partial charge in [0.05, 0.1) is 37.3 Å². The van der Waals surface area contributed by atoms with E-state index in [9.17, 15) is 17.8 Å². The summed E-state index contributed by atoms with van der Waals surface area (Å²) >= 11 is 0. The standard InChI is InChI=1S/C20H35N3O4S/c1-17(18-9-6-10-21-16-18)15-20(2,3)19(24)22-11-7-12-23(4,5)13-8-14-28(25,26)27/h6,9-10,16-17H,7-8,11-15H2,1-5H3,(H-,22,24,25,26,27). The molecule has 1 aromatic heterocycles. The molecule has 1 N–H and O–H groups in total. The fourth-order valence-corrected chi connectivity index (χ4v) is 3.86. The lowest BCUT2D eigenvalue weighted by Crippen LogP contribution is -2.44. The van der Waals surface area contributed by atoms with Gasteiger partial charge in [-0.15, -0.1) is 0 Å². The van der Waals surface area contributed by atoms with Crippen molar-refractivity contribution < 1.29 is 22.2 Å². The number of carbonyl (C=O) groups excluding carboxylic acids is 1. The van der Waals surface area contributed by atoms with Gasteiger partial charge in [0, 0.05) is 42.9 Å². The Balaban J connectivity index is 2.38. The van der Waals surface area contributed by atoms with Gasteiger partial charge in [0.1, 0.15) is 0 Å². The lowest BCUT2D eigenvalue weighted by atomic mass is 9.80. The van der Waals surface area contributed by atoms with E-state index in [0.717, 1.165) is 24.9 Å². The highest BCUT2D eigenvalue weighted by Crippen LogP contribution is 2.31. The molecule has 0 aliphatic heterocycles. The van der Waals surface area contributed by atoms with Crippen molar-refractivity contribution in [3.8, 4) is 0 Å². The second-order valence-corrected chi connectivity index (χ2v) is 10.4. The molecule has 0 saturated heterocycles. The van der Waals surface area contributed by atoms with Crippen LogP contribution in [0.5, 0.6) is 0 Å². The van der Waals surface area contributed by atoms with Crippen molar-refractivity contribution in [2.45, 2.75) is 46.0 Å². The minimum absolute atomic E-state index is 0.0333. The van der Waals surface area contributed by atoms with Gasteiger partial charge in [0.15, 0.2) is 0 Å². The van der Waals surface area contributed by atoms with E-state index in [1.165, 1.54) is 0 Å². The van der Waals surface area contributed by atoms with Gasteiger partial charge in [-0.05, 0) is 24.0 Å². The van der Waals surface area contributed by atoms with E-state index in [-0.39, 0.29) is 17.6 Å². The van der Waals surface area contributed by atoms with Crippen molar-refractivity contribution in [3.05, 3.63) is 30.1 Å². The first-order valence-corrected chi connectivity index (χ1v) is 11.3. The summed E-state index contributed by atoms with van der Waals surface area (Å²) in [6.45, 7) is 8.01. The maximum absolute atomic E-state index is 12.6. The van der Waals surface area contributed by atoms with Crippen LogP contribution in [0, 0.1) is 5.41 Å². The molecular weight excluding hydrogens is 378 g/mol. The predicted molar refractivity (Wildman–Crippen MR) is 110 cm³/mol. The Labute approximate surface area is 169 Å². The molecule has 0 spiro atoms. The Morgan fingerprint density at radius 2 is 1.93 bits per heavy atom. The number of quaternary nitrogens is 1. The van der Waals surface area contributed by atoms with Crippen LogP contribution in [0.25, 0.3) is 0 Å². The molecule has 0 saturated carbocycles. The van der Waals surface area contributed by atoms with Crippen molar-refractivity contribution in [3.63, 3.8) is 0 Å². The minimum atomic E-state index is -4.15. The molecular formula is C20H35N3O4S. The van der Waals surface area contributed by atoms with Gasteiger partial charge in [-0.3, -0.25) is 9.78 Å². The van der Waals surface area contributed by atoms with Crippen LogP contribution in [-0.2, 0) is 14.9 Å². The maximum atomic E-state index is 12.6. The summed E-state index contributed by atoms with van der Waals surface area (Å²) in [6, 6.07) is 3.94. The molecule has 0 bridgehead atoms. The number of amides is 1. The Morgan fingerprint density at radius 1 is 1.29 bits per heavy atom. The van der Waals surface area contributed by atoms with Crippen LogP contribution >= 0.6 is 0 Å². The monoisotopic (exact) mass is 413 g/mol. The average Bonchev–Trinajstić information content (AvgIpc) is 2.57. The highest BCUT2D eigenvalue weighted by molar-refractivity contribution is 7.85.